The first-order chi connectivity index (χ1) is 10.9. The number of carbonyl (C=O) groups excluding carboxylic acids is 2. The highest BCUT2D eigenvalue weighted by molar-refractivity contribution is 5.96. The van der Waals surface area contributed by atoms with Crippen molar-refractivity contribution in [3.05, 3.63) is 35.9 Å². The van der Waals surface area contributed by atoms with Gasteiger partial charge in [-0.25, -0.2) is 4.79 Å². The van der Waals surface area contributed by atoms with Crippen molar-refractivity contribution in [1.29, 1.82) is 0 Å². The maximum atomic E-state index is 11.9. The van der Waals surface area contributed by atoms with Crippen molar-refractivity contribution in [1.82, 2.24) is 4.90 Å². The highest BCUT2D eigenvalue weighted by atomic mass is 16.4. The van der Waals surface area contributed by atoms with E-state index < -0.39 is 12.0 Å². The summed E-state index contributed by atoms with van der Waals surface area (Å²) in [6.45, 7) is 2.19. The second kappa shape index (κ2) is 7.09. The molecule has 1 atom stereocenters. The van der Waals surface area contributed by atoms with Crippen LogP contribution in [-0.2, 0) is 14.4 Å². The van der Waals surface area contributed by atoms with Gasteiger partial charge in [0, 0.05) is 31.8 Å². The quantitative estimate of drug-likeness (QED) is 0.840. The number of carbonyl (C=O) groups is 3. The molecule has 6 nitrogen and oxygen atoms in total. The van der Waals surface area contributed by atoms with Gasteiger partial charge in [-0.3, -0.25) is 9.59 Å². The highest BCUT2D eigenvalue weighted by Gasteiger charge is 2.21. The van der Waals surface area contributed by atoms with E-state index in [4.69, 9.17) is 5.11 Å². The van der Waals surface area contributed by atoms with Gasteiger partial charge in [0.1, 0.15) is 6.04 Å². The van der Waals surface area contributed by atoms with E-state index in [1.165, 1.54) is 20.0 Å². The Hall–Kier alpha value is -2.63. The van der Waals surface area contributed by atoms with Crippen LogP contribution in [0, 0.1) is 0 Å². The second-order valence-corrected chi connectivity index (χ2v) is 5.54. The number of hydrogen-bond acceptors (Lipinski definition) is 3. The van der Waals surface area contributed by atoms with Crippen LogP contribution in [-0.4, -0.2) is 47.4 Å². The minimum Gasteiger partial charge on any atom is -0.480 e. The number of nitrogens with zero attached hydrogens (tertiary/aromatic N) is 2. The molecule has 23 heavy (non-hydrogen) atoms. The normalized spacial score (nSPS) is 15.9. The van der Waals surface area contributed by atoms with Crippen LogP contribution in [0.2, 0.25) is 0 Å². The Kier molecular flexibility index (Phi) is 5.16. The molecular formula is C17H20N2O4. The summed E-state index contributed by atoms with van der Waals surface area (Å²) in [6.07, 6.45) is 4.44. The molecule has 1 N–H and O–H groups in total. The summed E-state index contributed by atoms with van der Waals surface area (Å²) in [5.74, 6) is -1.29. The Balaban J connectivity index is 2.01. The van der Waals surface area contributed by atoms with Crippen molar-refractivity contribution < 1.29 is 19.5 Å². The van der Waals surface area contributed by atoms with Crippen molar-refractivity contribution in [3.63, 3.8) is 0 Å². The number of benzene rings is 1. The zero-order chi connectivity index (χ0) is 17.0. The zero-order valence-electron chi connectivity index (χ0n) is 13.2. The first-order valence-electron chi connectivity index (χ1n) is 7.48. The molecule has 6 heteroatoms. The standard InChI is InChI=1S/C17H20N2O4/c1-12(17(22)23)18(2)15(20)10-7-13-5-8-14(9-6-13)19-11-3-4-16(19)21/h5-10,12H,3-4,11H2,1-2H3,(H,22,23)/b10-7+. The highest BCUT2D eigenvalue weighted by Crippen LogP contribution is 2.21. The van der Waals surface area contributed by atoms with E-state index in [9.17, 15) is 14.4 Å². The fourth-order valence-corrected chi connectivity index (χ4v) is 2.33. The summed E-state index contributed by atoms with van der Waals surface area (Å²) >= 11 is 0. The average Bonchev–Trinajstić information content (AvgIpc) is 2.97. The van der Waals surface area contributed by atoms with Crippen molar-refractivity contribution in [2.45, 2.75) is 25.8 Å². The number of aliphatic carboxylic acids is 1. The molecule has 0 radical (unpaired) electrons. The molecule has 0 saturated carbocycles. The Bertz CT molecular complexity index is 636. The van der Waals surface area contributed by atoms with Gasteiger partial charge in [-0.05, 0) is 37.1 Å². The molecule has 0 bridgehead atoms. The van der Waals surface area contributed by atoms with Gasteiger partial charge in [0.15, 0.2) is 0 Å². The van der Waals surface area contributed by atoms with Gasteiger partial charge in [-0.2, -0.15) is 0 Å². The van der Waals surface area contributed by atoms with Crippen LogP contribution in [0.25, 0.3) is 6.08 Å². The Morgan fingerprint density at radius 3 is 2.48 bits per heavy atom. The zero-order valence-corrected chi connectivity index (χ0v) is 13.2. The van der Waals surface area contributed by atoms with Gasteiger partial charge < -0.3 is 14.9 Å². The van der Waals surface area contributed by atoms with Gasteiger partial charge in [0.2, 0.25) is 11.8 Å². The van der Waals surface area contributed by atoms with Crippen LogP contribution in [0.1, 0.15) is 25.3 Å². The summed E-state index contributed by atoms with van der Waals surface area (Å²) in [6, 6.07) is 6.46. The molecule has 2 rings (SSSR count). The first kappa shape index (κ1) is 16.7. The number of carboxylic acid groups (broad SMARTS) is 1. The minimum atomic E-state index is -1.05. The molecule has 122 valence electrons. The lowest BCUT2D eigenvalue weighted by Crippen LogP contribution is -2.39. The molecule has 0 aromatic heterocycles. The van der Waals surface area contributed by atoms with E-state index in [1.807, 2.05) is 24.3 Å². The molecule has 1 aliphatic rings. The van der Waals surface area contributed by atoms with E-state index >= 15 is 0 Å². The lowest BCUT2D eigenvalue weighted by Gasteiger charge is -2.19. The summed E-state index contributed by atoms with van der Waals surface area (Å²) < 4.78 is 0. The van der Waals surface area contributed by atoms with Crippen LogP contribution in [0.15, 0.2) is 30.3 Å². The molecule has 1 saturated heterocycles. The van der Waals surface area contributed by atoms with Crippen LogP contribution in [0.5, 0.6) is 0 Å². The van der Waals surface area contributed by atoms with Crippen molar-refractivity contribution in [3.8, 4) is 0 Å². The van der Waals surface area contributed by atoms with Gasteiger partial charge in [-0.15, -0.1) is 0 Å². The molecule has 1 unspecified atom stereocenters. The van der Waals surface area contributed by atoms with Crippen LogP contribution >= 0.6 is 0 Å². The first-order valence-corrected chi connectivity index (χ1v) is 7.48. The molecular weight excluding hydrogens is 296 g/mol. The Morgan fingerprint density at radius 2 is 1.96 bits per heavy atom. The van der Waals surface area contributed by atoms with E-state index in [0.29, 0.717) is 6.42 Å². The predicted octanol–water partition coefficient (Wildman–Crippen LogP) is 1.76. The molecule has 0 aliphatic carbocycles. The SMILES string of the molecule is CC(C(=O)O)N(C)C(=O)/C=C/c1ccc(N2CCCC2=O)cc1. The fraction of sp³-hybridized carbons (Fsp3) is 0.353. The smallest absolute Gasteiger partial charge is 0.326 e. The molecule has 1 heterocycles. The molecule has 1 aliphatic heterocycles. The summed E-state index contributed by atoms with van der Waals surface area (Å²) in [4.78, 5) is 37.4. The van der Waals surface area contributed by atoms with E-state index in [0.717, 1.165) is 29.1 Å². The third-order valence-corrected chi connectivity index (χ3v) is 3.98. The van der Waals surface area contributed by atoms with Gasteiger partial charge in [0.25, 0.3) is 0 Å². The van der Waals surface area contributed by atoms with Crippen LogP contribution in [0.3, 0.4) is 0 Å². The number of hydrogen-bond donors (Lipinski definition) is 1. The Morgan fingerprint density at radius 1 is 1.30 bits per heavy atom. The average molecular weight is 316 g/mol. The van der Waals surface area contributed by atoms with Gasteiger partial charge in [0.05, 0.1) is 0 Å². The van der Waals surface area contributed by atoms with Crippen LogP contribution in [0.4, 0.5) is 5.69 Å². The topological polar surface area (TPSA) is 77.9 Å². The third-order valence-electron chi connectivity index (χ3n) is 3.98. The lowest BCUT2D eigenvalue weighted by molar-refractivity contribution is -0.146. The van der Waals surface area contributed by atoms with E-state index in [1.54, 1.807) is 11.0 Å². The second-order valence-electron chi connectivity index (χ2n) is 5.54. The summed E-state index contributed by atoms with van der Waals surface area (Å²) in [5.41, 5.74) is 1.66. The van der Waals surface area contributed by atoms with E-state index in [2.05, 4.69) is 0 Å². The van der Waals surface area contributed by atoms with Crippen molar-refractivity contribution in [2.24, 2.45) is 0 Å². The molecule has 1 aromatic rings. The number of amides is 2. The summed E-state index contributed by atoms with van der Waals surface area (Å²) in [7, 11) is 1.45. The molecule has 2 amide bonds. The number of rotatable bonds is 5. The largest absolute Gasteiger partial charge is 0.480 e. The monoisotopic (exact) mass is 316 g/mol. The third kappa shape index (κ3) is 3.97. The number of carboxylic acids is 1. The van der Waals surface area contributed by atoms with Crippen molar-refractivity contribution in [2.75, 3.05) is 18.5 Å². The molecule has 0 spiro atoms. The maximum Gasteiger partial charge on any atom is 0.326 e. The van der Waals surface area contributed by atoms with Gasteiger partial charge >= 0.3 is 5.97 Å². The lowest BCUT2D eigenvalue weighted by atomic mass is 10.1. The van der Waals surface area contributed by atoms with E-state index in [-0.39, 0.29) is 11.8 Å². The van der Waals surface area contributed by atoms with Crippen molar-refractivity contribution >= 4 is 29.5 Å². The Labute approximate surface area is 135 Å². The minimum absolute atomic E-state index is 0.132. The number of likely N-dealkylation sites (N-methyl/N-ethyl adjacent to an activating group) is 1. The predicted molar refractivity (Wildman–Crippen MR) is 86.9 cm³/mol. The van der Waals surface area contributed by atoms with Gasteiger partial charge in [-0.1, -0.05) is 12.1 Å². The molecule has 1 aromatic carbocycles. The summed E-state index contributed by atoms with van der Waals surface area (Å²) in [5, 5.41) is 8.89. The maximum absolute atomic E-state index is 11.9. The fourth-order valence-electron chi connectivity index (χ4n) is 2.33. The van der Waals surface area contributed by atoms with Crippen LogP contribution < -0.4 is 4.90 Å². The molecule has 1 fully saturated rings. The number of anilines is 1.